The van der Waals surface area contributed by atoms with Crippen molar-refractivity contribution >= 4 is 28.0 Å². The van der Waals surface area contributed by atoms with Gasteiger partial charge in [-0.25, -0.2) is 0 Å². The van der Waals surface area contributed by atoms with Crippen LogP contribution in [0.2, 0.25) is 0 Å². The van der Waals surface area contributed by atoms with Crippen molar-refractivity contribution in [2.24, 2.45) is 0 Å². The lowest BCUT2D eigenvalue weighted by molar-refractivity contribution is 0.732. The zero-order valence-electron chi connectivity index (χ0n) is 22.4. The van der Waals surface area contributed by atoms with Crippen molar-refractivity contribution < 1.29 is 0 Å². The topological polar surface area (TPSA) is 0 Å². The van der Waals surface area contributed by atoms with Crippen LogP contribution < -0.4 is 0 Å². The fourth-order valence-corrected chi connectivity index (χ4v) is 7.05. The zero-order valence-corrected chi connectivity index (χ0v) is 22.4. The summed E-state index contributed by atoms with van der Waals surface area (Å²) in [6, 6.07) is 40.1. The first-order valence-corrected chi connectivity index (χ1v) is 14.4. The predicted molar refractivity (Wildman–Crippen MR) is 170 cm³/mol. The first kappa shape index (κ1) is 23.2. The van der Waals surface area contributed by atoms with Crippen molar-refractivity contribution in [2.75, 3.05) is 0 Å². The van der Waals surface area contributed by atoms with E-state index in [9.17, 15) is 0 Å². The highest BCUT2D eigenvalue weighted by molar-refractivity contribution is 6.10. The van der Waals surface area contributed by atoms with E-state index in [0.29, 0.717) is 0 Å². The molecule has 0 aliphatic heterocycles. The molecule has 5 aromatic rings. The summed E-state index contributed by atoms with van der Waals surface area (Å²) in [6.45, 7) is 0. The molecule has 0 saturated heterocycles. The lowest BCUT2D eigenvalue weighted by Crippen LogP contribution is -2.18. The number of hydrogen-bond donors (Lipinski definition) is 0. The van der Waals surface area contributed by atoms with E-state index in [4.69, 9.17) is 0 Å². The van der Waals surface area contributed by atoms with Gasteiger partial charge in [-0.3, -0.25) is 0 Å². The van der Waals surface area contributed by atoms with Gasteiger partial charge in [0.2, 0.25) is 0 Å². The van der Waals surface area contributed by atoms with E-state index in [1.165, 1.54) is 66.4 Å². The first-order valence-electron chi connectivity index (χ1n) is 14.4. The van der Waals surface area contributed by atoms with Gasteiger partial charge in [-0.05, 0) is 85.3 Å². The molecule has 190 valence electrons. The second-order valence-corrected chi connectivity index (χ2v) is 11.1. The van der Waals surface area contributed by atoms with Crippen LogP contribution in [-0.4, -0.2) is 0 Å². The number of benzene rings is 5. The van der Waals surface area contributed by atoms with Crippen LogP contribution in [0.25, 0.3) is 39.1 Å². The molecule has 40 heavy (non-hydrogen) atoms. The molecular formula is C40H30. The average Bonchev–Trinajstić information content (AvgIpc) is 3.04. The zero-order chi connectivity index (χ0) is 26.5. The summed E-state index contributed by atoms with van der Waals surface area (Å²) in [7, 11) is 0. The fourth-order valence-electron chi connectivity index (χ4n) is 7.05. The molecule has 0 spiro atoms. The van der Waals surface area contributed by atoms with E-state index >= 15 is 0 Å². The highest BCUT2D eigenvalue weighted by Crippen LogP contribution is 2.53. The lowest BCUT2D eigenvalue weighted by Gasteiger charge is -2.36. The highest BCUT2D eigenvalue weighted by atomic mass is 14.4. The third kappa shape index (κ3) is 3.67. The largest absolute Gasteiger partial charge is 0.0836 e. The quantitative estimate of drug-likeness (QED) is 0.226. The van der Waals surface area contributed by atoms with Gasteiger partial charge in [0.1, 0.15) is 0 Å². The average molecular weight is 511 g/mol. The molecule has 0 aromatic heterocycles. The standard InChI is InChI=1S/C40H30/c1-5-13-27(14-6-1)35-25-36(28-15-7-2-8-16-28)32-23-24-34-38(30-19-11-4-12-20-30)26-37(29-17-9-3-10-18-29)33-22-21-31(35)39(32)40(33)34/h1-3,5-11,13-26,32,36H,4,12H2. The maximum atomic E-state index is 2.52. The van der Waals surface area contributed by atoms with E-state index in [1.807, 2.05) is 0 Å². The number of allylic oxidation sites excluding steroid dienone is 6. The van der Waals surface area contributed by atoms with Gasteiger partial charge in [-0.1, -0.05) is 140 Å². The van der Waals surface area contributed by atoms with Crippen molar-refractivity contribution in [3.63, 3.8) is 0 Å². The monoisotopic (exact) mass is 510 g/mol. The predicted octanol–water partition coefficient (Wildman–Crippen LogP) is 10.6. The Labute approximate surface area is 236 Å². The second kappa shape index (κ2) is 9.50. The molecule has 5 aromatic carbocycles. The van der Waals surface area contributed by atoms with Crippen LogP contribution in [0.3, 0.4) is 0 Å². The van der Waals surface area contributed by atoms with Crippen molar-refractivity contribution in [1.82, 2.24) is 0 Å². The molecule has 2 atom stereocenters. The van der Waals surface area contributed by atoms with Gasteiger partial charge in [-0.15, -0.1) is 0 Å². The molecule has 0 heterocycles. The smallest absolute Gasteiger partial charge is 0.0138 e. The Morgan fingerprint density at radius 1 is 0.575 bits per heavy atom. The van der Waals surface area contributed by atoms with Gasteiger partial charge >= 0.3 is 0 Å². The summed E-state index contributed by atoms with van der Waals surface area (Å²) in [5.41, 5.74) is 13.5. The molecule has 0 N–H and O–H groups in total. The maximum Gasteiger partial charge on any atom is 0.0138 e. The Kier molecular flexibility index (Phi) is 5.52. The van der Waals surface area contributed by atoms with Crippen LogP contribution in [0.5, 0.6) is 0 Å². The Morgan fingerprint density at radius 2 is 1.30 bits per heavy atom. The van der Waals surface area contributed by atoms with Crippen LogP contribution in [-0.2, 0) is 0 Å². The molecular weight excluding hydrogens is 480 g/mol. The molecule has 8 rings (SSSR count). The van der Waals surface area contributed by atoms with Crippen molar-refractivity contribution in [1.29, 1.82) is 0 Å². The molecule has 0 heteroatoms. The normalized spacial score (nSPS) is 18.9. The minimum Gasteiger partial charge on any atom is -0.0836 e. The SMILES string of the molecule is C1=CC(c2cc(-c3ccccc3)c3ccc4c5c3c2C=CC5C(c2ccccc2)C=C4c2ccccc2)=CCC1. The first-order chi connectivity index (χ1) is 19.9. The Hall–Kier alpha value is -4.68. The molecule has 0 bridgehead atoms. The van der Waals surface area contributed by atoms with Gasteiger partial charge in [-0.2, -0.15) is 0 Å². The maximum absolute atomic E-state index is 2.52. The van der Waals surface area contributed by atoms with Gasteiger partial charge in [0.25, 0.3) is 0 Å². The van der Waals surface area contributed by atoms with Crippen LogP contribution >= 0.6 is 0 Å². The Morgan fingerprint density at radius 3 is 2.02 bits per heavy atom. The highest BCUT2D eigenvalue weighted by Gasteiger charge is 2.34. The molecule has 0 amide bonds. The summed E-state index contributed by atoms with van der Waals surface area (Å²) < 4.78 is 0. The van der Waals surface area contributed by atoms with E-state index < -0.39 is 0 Å². The van der Waals surface area contributed by atoms with Gasteiger partial charge in [0, 0.05) is 11.8 Å². The van der Waals surface area contributed by atoms with Gasteiger partial charge in [0.05, 0.1) is 0 Å². The van der Waals surface area contributed by atoms with Gasteiger partial charge in [0.15, 0.2) is 0 Å². The Bertz CT molecular complexity index is 1870. The molecule has 2 unspecified atom stereocenters. The summed E-state index contributed by atoms with van der Waals surface area (Å²) in [5.74, 6) is 0.562. The van der Waals surface area contributed by atoms with Crippen LogP contribution in [0.15, 0.2) is 140 Å². The number of rotatable bonds is 4. The molecule has 0 radical (unpaired) electrons. The molecule has 3 aliphatic carbocycles. The Balaban J connectivity index is 1.48. The van der Waals surface area contributed by atoms with Crippen LogP contribution in [0.1, 0.15) is 58.1 Å². The third-order valence-electron chi connectivity index (χ3n) is 8.87. The lowest BCUT2D eigenvalue weighted by atomic mass is 9.67. The molecule has 0 saturated carbocycles. The van der Waals surface area contributed by atoms with E-state index in [0.717, 1.165) is 12.8 Å². The van der Waals surface area contributed by atoms with Gasteiger partial charge < -0.3 is 0 Å². The third-order valence-corrected chi connectivity index (χ3v) is 8.87. The van der Waals surface area contributed by atoms with E-state index in [1.54, 1.807) is 0 Å². The molecule has 0 nitrogen and oxygen atoms in total. The van der Waals surface area contributed by atoms with Crippen molar-refractivity contribution in [2.45, 2.75) is 24.7 Å². The summed E-state index contributed by atoms with van der Waals surface area (Å²) in [4.78, 5) is 0. The fraction of sp³-hybridized carbons (Fsp3) is 0.100. The molecule has 0 fully saturated rings. The van der Waals surface area contributed by atoms with Crippen LogP contribution in [0, 0.1) is 0 Å². The van der Waals surface area contributed by atoms with E-state index in [2.05, 4.69) is 146 Å². The number of hydrogen-bond acceptors (Lipinski definition) is 0. The molecule has 3 aliphatic rings. The summed E-state index contributed by atoms with van der Waals surface area (Å²) in [6.07, 6.45) is 16.7. The van der Waals surface area contributed by atoms with Crippen molar-refractivity contribution in [3.8, 4) is 11.1 Å². The summed E-state index contributed by atoms with van der Waals surface area (Å²) in [5, 5.41) is 2.77. The van der Waals surface area contributed by atoms with Crippen molar-refractivity contribution in [3.05, 3.63) is 173 Å². The second-order valence-electron chi connectivity index (χ2n) is 11.1. The summed E-state index contributed by atoms with van der Waals surface area (Å²) >= 11 is 0. The van der Waals surface area contributed by atoms with E-state index in [-0.39, 0.29) is 11.8 Å². The minimum absolute atomic E-state index is 0.275. The van der Waals surface area contributed by atoms with Crippen LogP contribution in [0.4, 0.5) is 0 Å². The minimum atomic E-state index is 0.275.